The second kappa shape index (κ2) is 8.12. The van der Waals surface area contributed by atoms with Crippen molar-refractivity contribution in [3.63, 3.8) is 0 Å². The Kier molecular flexibility index (Phi) is 5.83. The van der Waals surface area contributed by atoms with Gasteiger partial charge in [-0.25, -0.2) is 0 Å². The molecule has 1 aromatic carbocycles. The smallest absolute Gasteiger partial charge is 0.255 e. The lowest BCUT2D eigenvalue weighted by Crippen LogP contribution is -2.40. The molecule has 0 aliphatic carbocycles. The lowest BCUT2D eigenvalue weighted by atomic mass is 9.90. The van der Waals surface area contributed by atoms with Crippen LogP contribution in [0.4, 0.5) is 0 Å². The summed E-state index contributed by atoms with van der Waals surface area (Å²) in [6.07, 6.45) is 4.40. The Morgan fingerprint density at radius 2 is 1.93 bits per heavy atom. The van der Waals surface area contributed by atoms with Gasteiger partial charge < -0.3 is 9.88 Å². The summed E-state index contributed by atoms with van der Waals surface area (Å²) in [5.74, 6) is 0.577. The topological polar surface area (TPSA) is 53.2 Å². The minimum atomic E-state index is -0.0237. The van der Waals surface area contributed by atoms with Crippen LogP contribution in [-0.4, -0.2) is 34.7 Å². The number of aryl methyl sites for hydroxylation is 3. The minimum absolute atomic E-state index is 0.0237. The maximum Gasteiger partial charge on any atom is 0.255 e. The molecule has 1 amide bonds. The third-order valence-electron chi connectivity index (χ3n) is 5.89. The highest BCUT2D eigenvalue weighted by atomic mass is 16.2. The number of hydrogen-bond acceptors (Lipinski definition) is 2. The van der Waals surface area contributed by atoms with E-state index < -0.39 is 0 Å². The van der Waals surface area contributed by atoms with Crippen molar-refractivity contribution < 1.29 is 9.59 Å². The number of ketones is 1. The predicted molar refractivity (Wildman–Crippen MR) is 108 cm³/mol. The standard InChI is InChI=1S/C23H30N2O2/c1-15-8-5-6-10-20(15)12-11-19-9-7-13-25(14-19)23(27)21-16(2)22(18(4)26)24-17(21)3/h5-6,8,10,19,24H,7,9,11-14H2,1-4H3/t19-/m0/s1. The molecule has 1 aromatic heterocycles. The Bertz CT molecular complexity index is 850. The van der Waals surface area contributed by atoms with Gasteiger partial charge in [0.05, 0.1) is 11.3 Å². The first-order valence-corrected chi connectivity index (χ1v) is 9.92. The van der Waals surface area contributed by atoms with Crippen LogP contribution in [0.25, 0.3) is 0 Å². The predicted octanol–water partition coefficient (Wildman–Crippen LogP) is 4.63. The van der Waals surface area contributed by atoms with Crippen molar-refractivity contribution in [2.24, 2.45) is 5.92 Å². The van der Waals surface area contributed by atoms with Crippen LogP contribution in [0.1, 0.15) is 69.4 Å². The molecule has 2 heterocycles. The molecule has 1 saturated heterocycles. The van der Waals surface area contributed by atoms with E-state index in [1.807, 2.05) is 18.7 Å². The molecule has 4 heteroatoms. The number of nitrogens with zero attached hydrogens (tertiary/aromatic N) is 1. The van der Waals surface area contributed by atoms with E-state index in [1.165, 1.54) is 24.5 Å². The summed E-state index contributed by atoms with van der Waals surface area (Å²) in [6.45, 7) is 9.06. The van der Waals surface area contributed by atoms with Crippen LogP contribution in [0, 0.1) is 26.7 Å². The minimum Gasteiger partial charge on any atom is -0.355 e. The van der Waals surface area contributed by atoms with E-state index in [0.717, 1.165) is 43.6 Å². The monoisotopic (exact) mass is 366 g/mol. The Morgan fingerprint density at radius 3 is 2.59 bits per heavy atom. The van der Waals surface area contributed by atoms with Crippen LogP contribution in [0.3, 0.4) is 0 Å². The average Bonchev–Trinajstić information content (AvgIpc) is 2.95. The summed E-state index contributed by atoms with van der Waals surface area (Å²) in [7, 11) is 0. The average molecular weight is 367 g/mol. The van der Waals surface area contributed by atoms with Gasteiger partial charge in [0.1, 0.15) is 0 Å². The number of rotatable bonds is 5. The fourth-order valence-corrected chi connectivity index (χ4v) is 4.32. The Balaban J connectivity index is 1.68. The molecule has 0 unspecified atom stereocenters. The molecular weight excluding hydrogens is 336 g/mol. The SMILES string of the molecule is CC(=O)c1[nH]c(C)c(C(=O)N2CCC[C@@H](CCc3ccccc3C)C2)c1C. The number of Topliss-reactive ketones (excluding diaryl/α,β-unsaturated/α-hetero) is 1. The molecule has 1 fully saturated rings. The zero-order valence-corrected chi connectivity index (χ0v) is 16.9. The van der Waals surface area contributed by atoms with Crippen LogP contribution in [-0.2, 0) is 6.42 Å². The van der Waals surface area contributed by atoms with Crippen LogP contribution >= 0.6 is 0 Å². The third-order valence-corrected chi connectivity index (χ3v) is 5.89. The largest absolute Gasteiger partial charge is 0.355 e. The highest BCUT2D eigenvalue weighted by molar-refractivity contribution is 6.02. The van der Waals surface area contributed by atoms with Gasteiger partial charge in [0.15, 0.2) is 5.78 Å². The van der Waals surface area contributed by atoms with Crippen molar-refractivity contribution in [2.75, 3.05) is 13.1 Å². The molecule has 3 rings (SSSR count). The zero-order chi connectivity index (χ0) is 19.6. The van der Waals surface area contributed by atoms with E-state index in [-0.39, 0.29) is 11.7 Å². The molecule has 1 atom stereocenters. The summed E-state index contributed by atoms with van der Waals surface area (Å²) >= 11 is 0. The van der Waals surface area contributed by atoms with E-state index in [9.17, 15) is 9.59 Å². The van der Waals surface area contributed by atoms with Gasteiger partial charge in [-0.1, -0.05) is 24.3 Å². The van der Waals surface area contributed by atoms with Crippen molar-refractivity contribution in [3.05, 3.63) is 57.9 Å². The molecule has 0 bridgehead atoms. The van der Waals surface area contributed by atoms with Crippen molar-refractivity contribution in [1.82, 2.24) is 9.88 Å². The first kappa shape index (κ1) is 19.4. The number of piperidine rings is 1. The van der Waals surface area contributed by atoms with Gasteiger partial charge in [-0.3, -0.25) is 9.59 Å². The molecule has 144 valence electrons. The molecule has 1 N–H and O–H groups in total. The normalized spacial score (nSPS) is 17.2. The van der Waals surface area contributed by atoms with Gasteiger partial charge in [0.2, 0.25) is 0 Å². The Labute approximate surface area is 162 Å². The van der Waals surface area contributed by atoms with Crippen molar-refractivity contribution in [3.8, 4) is 0 Å². The molecular formula is C23H30N2O2. The Hall–Kier alpha value is -2.36. The van der Waals surface area contributed by atoms with Gasteiger partial charge >= 0.3 is 0 Å². The van der Waals surface area contributed by atoms with E-state index >= 15 is 0 Å². The fourth-order valence-electron chi connectivity index (χ4n) is 4.32. The lowest BCUT2D eigenvalue weighted by Gasteiger charge is -2.33. The van der Waals surface area contributed by atoms with Crippen LogP contribution in [0.5, 0.6) is 0 Å². The van der Waals surface area contributed by atoms with Crippen LogP contribution in [0.15, 0.2) is 24.3 Å². The van der Waals surface area contributed by atoms with Crippen molar-refractivity contribution in [2.45, 2.75) is 53.4 Å². The molecule has 0 spiro atoms. The Morgan fingerprint density at radius 1 is 1.19 bits per heavy atom. The van der Waals surface area contributed by atoms with Gasteiger partial charge in [-0.15, -0.1) is 0 Å². The summed E-state index contributed by atoms with van der Waals surface area (Å²) in [5.41, 5.74) is 5.57. The number of carbonyl (C=O) groups excluding carboxylic acids is 2. The summed E-state index contributed by atoms with van der Waals surface area (Å²) < 4.78 is 0. The zero-order valence-electron chi connectivity index (χ0n) is 16.9. The van der Waals surface area contributed by atoms with Gasteiger partial charge in [0.25, 0.3) is 5.91 Å². The third kappa shape index (κ3) is 4.15. The van der Waals surface area contributed by atoms with Crippen molar-refractivity contribution in [1.29, 1.82) is 0 Å². The highest BCUT2D eigenvalue weighted by Crippen LogP contribution is 2.26. The molecule has 4 nitrogen and oxygen atoms in total. The quantitative estimate of drug-likeness (QED) is 0.785. The van der Waals surface area contributed by atoms with E-state index in [0.29, 0.717) is 17.2 Å². The maximum atomic E-state index is 13.1. The lowest BCUT2D eigenvalue weighted by molar-refractivity contribution is 0.0667. The number of aromatic amines is 1. The molecule has 1 aliphatic rings. The number of amides is 1. The maximum absolute atomic E-state index is 13.1. The summed E-state index contributed by atoms with van der Waals surface area (Å²) in [6, 6.07) is 8.55. The first-order valence-electron chi connectivity index (χ1n) is 9.92. The number of carbonyl (C=O) groups is 2. The van der Waals surface area contributed by atoms with Crippen LogP contribution in [0.2, 0.25) is 0 Å². The number of benzene rings is 1. The van der Waals surface area contributed by atoms with E-state index in [1.54, 1.807) is 0 Å². The van der Waals surface area contributed by atoms with Crippen LogP contribution < -0.4 is 0 Å². The van der Waals surface area contributed by atoms with Crippen molar-refractivity contribution >= 4 is 11.7 Å². The second-order valence-electron chi connectivity index (χ2n) is 7.91. The number of H-pyrrole nitrogens is 1. The first-order chi connectivity index (χ1) is 12.9. The number of likely N-dealkylation sites (tertiary alicyclic amines) is 1. The summed E-state index contributed by atoms with van der Waals surface area (Å²) in [4.78, 5) is 30.0. The van der Waals surface area contributed by atoms with Gasteiger partial charge in [-0.2, -0.15) is 0 Å². The van der Waals surface area contributed by atoms with E-state index in [2.05, 4.69) is 36.2 Å². The summed E-state index contributed by atoms with van der Waals surface area (Å²) in [5, 5.41) is 0. The van der Waals surface area contributed by atoms with Gasteiger partial charge in [0, 0.05) is 25.7 Å². The number of hydrogen-bond donors (Lipinski definition) is 1. The fraction of sp³-hybridized carbons (Fsp3) is 0.478. The van der Waals surface area contributed by atoms with Gasteiger partial charge in [-0.05, 0) is 69.1 Å². The molecule has 0 saturated carbocycles. The highest BCUT2D eigenvalue weighted by Gasteiger charge is 2.28. The number of nitrogens with one attached hydrogen (secondary N) is 1. The molecule has 0 radical (unpaired) electrons. The number of aromatic nitrogens is 1. The molecule has 27 heavy (non-hydrogen) atoms. The second-order valence-corrected chi connectivity index (χ2v) is 7.91. The molecule has 1 aliphatic heterocycles. The van der Waals surface area contributed by atoms with E-state index in [4.69, 9.17) is 0 Å². The molecule has 2 aromatic rings.